The van der Waals surface area contributed by atoms with Crippen LogP contribution in [-0.2, 0) is 4.79 Å². The van der Waals surface area contributed by atoms with Crippen LogP contribution in [0.2, 0.25) is 20.1 Å². The van der Waals surface area contributed by atoms with Crippen molar-refractivity contribution >= 4 is 63.7 Å². The lowest BCUT2D eigenvalue weighted by atomic mass is 10.1. The predicted octanol–water partition coefficient (Wildman–Crippen LogP) is 6.55. The van der Waals surface area contributed by atoms with Gasteiger partial charge in [-0.05, 0) is 55.5 Å². The van der Waals surface area contributed by atoms with E-state index in [1.165, 1.54) is 0 Å². The molecule has 0 aliphatic carbocycles. The Kier molecular flexibility index (Phi) is 6.56. The quantitative estimate of drug-likeness (QED) is 0.239. The molecule has 3 N–H and O–H groups in total. The Bertz CT molecular complexity index is 1210. The average molecular weight is 508 g/mol. The first-order chi connectivity index (χ1) is 15.3. The van der Waals surface area contributed by atoms with E-state index in [9.17, 15) is 4.79 Å². The van der Waals surface area contributed by atoms with Gasteiger partial charge >= 0.3 is 0 Å². The van der Waals surface area contributed by atoms with Gasteiger partial charge < -0.3 is 9.80 Å². The largest absolute Gasteiger partial charge is 0.318 e. The number of nitrogens with one attached hydrogen (secondary N) is 1. The van der Waals surface area contributed by atoms with Gasteiger partial charge in [0.1, 0.15) is 11.9 Å². The van der Waals surface area contributed by atoms with Crippen LogP contribution in [0.3, 0.4) is 0 Å². The molecule has 0 radical (unpaired) electrons. The fourth-order valence-electron chi connectivity index (χ4n) is 3.88. The van der Waals surface area contributed by atoms with Gasteiger partial charge in [0.2, 0.25) is 0 Å². The molecule has 9 heteroatoms. The molecule has 1 aliphatic rings. The lowest BCUT2D eigenvalue weighted by molar-refractivity contribution is -0.117. The summed E-state index contributed by atoms with van der Waals surface area (Å²) >= 11 is 25.5. The molecule has 5 nitrogen and oxygen atoms in total. The Morgan fingerprint density at radius 3 is 2.16 bits per heavy atom. The van der Waals surface area contributed by atoms with Crippen LogP contribution in [0.4, 0.5) is 11.4 Å². The molecule has 0 saturated heterocycles. The topological polar surface area (TPSA) is 61.6 Å². The fraction of sp³-hybridized carbons (Fsp3) is 0.0870. The normalized spacial score (nSPS) is 16.0. The summed E-state index contributed by atoms with van der Waals surface area (Å²) in [7, 11) is 0. The first-order valence-electron chi connectivity index (χ1n) is 9.58. The molecule has 1 unspecified atom stereocenters. The van der Waals surface area contributed by atoms with Crippen molar-refractivity contribution in [3.8, 4) is 0 Å². The zero-order chi connectivity index (χ0) is 23.0. The van der Waals surface area contributed by atoms with Gasteiger partial charge in [0.05, 0.1) is 10.7 Å². The first-order valence-corrected chi connectivity index (χ1v) is 11.1. The van der Waals surface area contributed by atoms with E-state index in [1.54, 1.807) is 36.4 Å². The molecule has 0 spiro atoms. The Morgan fingerprint density at radius 2 is 1.53 bits per heavy atom. The number of nitrogens with zero attached hydrogens (tertiary/aromatic N) is 2. The number of rotatable bonds is 4. The van der Waals surface area contributed by atoms with E-state index in [0.717, 1.165) is 11.3 Å². The van der Waals surface area contributed by atoms with Crippen LogP contribution in [0.1, 0.15) is 18.7 Å². The van der Waals surface area contributed by atoms with Gasteiger partial charge in [0, 0.05) is 32.0 Å². The van der Waals surface area contributed by atoms with E-state index in [-0.39, 0.29) is 0 Å². The standard InChI is InChI=1S/C23H18Cl4N4O/c1-13-21(22(32)29-28)31(20-11-8-15(25)12-19(20)27)23(17-4-2-3-5-18(17)26)30(13)16-9-6-14(24)7-10-16/h2-12,23H,28H2,1H3,(H,29,32). The molecule has 3 aromatic carbocycles. The van der Waals surface area contributed by atoms with Crippen LogP contribution < -0.4 is 21.1 Å². The monoisotopic (exact) mass is 506 g/mol. The molecule has 164 valence electrons. The second-order valence-electron chi connectivity index (χ2n) is 7.11. The van der Waals surface area contributed by atoms with E-state index >= 15 is 0 Å². The number of hydrogen-bond acceptors (Lipinski definition) is 4. The third kappa shape index (κ3) is 4.03. The number of nitrogens with two attached hydrogens (primary N) is 1. The molecule has 1 amide bonds. The van der Waals surface area contributed by atoms with E-state index in [1.807, 2.05) is 47.1 Å². The highest BCUT2D eigenvalue weighted by molar-refractivity contribution is 6.36. The van der Waals surface area contributed by atoms with Crippen molar-refractivity contribution in [3.63, 3.8) is 0 Å². The van der Waals surface area contributed by atoms with Crippen LogP contribution in [0, 0.1) is 0 Å². The summed E-state index contributed by atoms with van der Waals surface area (Å²) in [5, 5.41) is 1.99. The maximum Gasteiger partial charge on any atom is 0.283 e. The maximum atomic E-state index is 13.0. The molecule has 1 atom stereocenters. The van der Waals surface area contributed by atoms with E-state index in [2.05, 4.69) is 5.43 Å². The molecular formula is C23H18Cl4N4O. The van der Waals surface area contributed by atoms with Gasteiger partial charge in [0.25, 0.3) is 5.91 Å². The summed E-state index contributed by atoms with van der Waals surface area (Å²) < 4.78 is 0. The third-order valence-electron chi connectivity index (χ3n) is 5.24. The molecule has 3 aromatic rings. The van der Waals surface area contributed by atoms with Crippen molar-refractivity contribution in [1.29, 1.82) is 0 Å². The summed E-state index contributed by atoms with van der Waals surface area (Å²) in [6.07, 6.45) is -0.532. The number of anilines is 2. The molecule has 0 fully saturated rings. The Hall–Kier alpha value is -2.41. The molecule has 32 heavy (non-hydrogen) atoms. The minimum atomic E-state index is -0.532. The summed E-state index contributed by atoms with van der Waals surface area (Å²) in [5.74, 6) is 5.09. The molecule has 0 saturated carbocycles. The summed E-state index contributed by atoms with van der Waals surface area (Å²) in [6.45, 7) is 1.84. The number of carbonyl (C=O) groups excluding carboxylic acids is 1. The molecule has 4 rings (SSSR count). The number of carbonyl (C=O) groups is 1. The SMILES string of the molecule is CC1=C(C(=O)NN)N(c2ccc(Cl)cc2Cl)C(c2ccccc2Cl)N1c1ccc(Cl)cc1. The van der Waals surface area contributed by atoms with E-state index < -0.39 is 12.1 Å². The number of benzene rings is 3. The van der Waals surface area contributed by atoms with Crippen molar-refractivity contribution in [1.82, 2.24) is 5.43 Å². The summed E-state index contributed by atoms with van der Waals surface area (Å²) in [5.41, 5.74) is 5.40. The molecule has 1 aliphatic heterocycles. The predicted molar refractivity (Wildman–Crippen MR) is 132 cm³/mol. The van der Waals surface area contributed by atoms with Crippen LogP contribution in [0.15, 0.2) is 78.1 Å². The number of hydrazine groups is 1. The van der Waals surface area contributed by atoms with Crippen LogP contribution in [0.5, 0.6) is 0 Å². The fourth-order valence-corrected chi connectivity index (χ4v) is 4.74. The van der Waals surface area contributed by atoms with Gasteiger partial charge in [-0.25, -0.2) is 5.84 Å². The van der Waals surface area contributed by atoms with Crippen LogP contribution in [-0.4, -0.2) is 5.91 Å². The smallest absolute Gasteiger partial charge is 0.283 e. The van der Waals surface area contributed by atoms with Crippen molar-refractivity contribution in [2.75, 3.05) is 9.80 Å². The van der Waals surface area contributed by atoms with E-state index in [4.69, 9.17) is 52.2 Å². The van der Waals surface area contributed by atoms with Gasteiger partial charge in [-0.15, -0.1) is 0 Å². The van der Waals surface area contributed by atoms with Crippen molar-refractivity contribution in [2.45, 2.75) is 13.1 Å². The zero-order valence-electron chi connectivity index (χ0n) is 16.8. The van der Waals surface area contributed by atoms with Gasteiger partial charge in [-0.2, -0.15) is 0 Å². The number of allylic oxidation sites excluding steroid dienone is 1. The highest BCUT2D eigenvalue weighted by Crippen LogP contribution is 2.48. The van der Waals surface area contributed by atoms with Crippen molar-refractivity contribution < 1.29 is 4.79 Å². The highest BCUT2D eigenvalue weighted by Gasteiger charge is 2.43. The molecule has 0 bridgehead atoms. The molecular weight excluding hydrogens is 490 g/mol. The minimum Gasteiger partial charge on any atom is -0.318 e. The van der Waals surface area contributed by atoms with Crippen molar-refractivity contribution in [2.24, 2.45) is 5.84 Å². The van der Waals surface area contributed by atoms with Gasteiger partial charge in [-0.3, -0.25) is 10.2 Å². The maximum absolute atomic E-state index is 13.0. The van der Waals surface area contributed by atoms with Gasteiger partial charge in [0.15, 0.2) is 0 Å². The Morgan fingerprint density at radius 1 is 0.875 bits per heavy atom. The van der Waals surface area contributed by atoms with Crippen LogP contribution in [0.25, 0.3) is 0 Å². The zero-order valence-corrected chi connectivity index (χ0v) is 19.8. The van der Waals surface area contributed by atoms with E-state index in [0.29, 0.717) is 37.2 Å². The summed E-state index contributed by atoms with van der Waals surface area (Å²) in [6, 6.07) is 19.9. The second-order valence-corrected chi connectivity index (χ2v) is 8.80. The Balaban J connectivity index is 2.02. The number of halogens is 4. The Labute approximate surface area is 205 Å². The summed E-state index contributed by atoms with van der Waals surface area (Å²) in [4.78, 5) is 16.8. The van der Waals surface area contributed by atoms with Gasteiger partial charge in [-0.1, -0.05) is 64.6 Å². The first kappa shape index (κ1) is 22.8. The lowest BCUT2D eigenvalue weighted by Gasteiger charge is -2.36. The molecule has 1 heterocycles. The lowest BCUT2D eigenvalue weighted by Crippen LogP contribution is -2.39. The second kappa shape index (κ2) is 9.22. The number of hydrogen-bond donors (Lipinski definition) is 2. The average Bonchev–Trinajstić information content (AvgIpc) is 3.06. The van der Waals surface area contributed by atoms with Crippen LogP contribution >= 0.6 is 46.4 Å². The highest BCUT2D eigenvalue weighted by atomic mass is 35.5. The van der Waals surface area contributed by atoms with Crippen molar-refractivity contribution in [3.05, 3.63) is 104 Å². The minimum absolute atomic E-state index is 0.330. The number of amides is 1. The molecule has 0 aromatic heterocycles. The third-order valence-corrected chi connectivity index (χ3v) is 6.37.